The van der Waals surface area contributed by atoms with Crippen molar-refractivity contribution in [1.82, 2.24) is 14.7 Å². The molecule has 2 aromatic carbocycles. The number of nitrogens with zero attached hydrogens (tertiary/aromatic N) is 3. The molecule has 0 N–H and O–H groups in total. The van der Waals surface area contributed by atoms with Gasteiger partial charge in [-0.1, -0.05) is 30.3 Å². The van der Waals surface area contributed by atoms with Crippen LogP contribution in [0.2, 0.25) is 0 Å². The Bertz CT molecular complexity index is 964. The van der Waals surface area contributed by atoms with E-state index in [9.17, 15) is 9.18 Å². The molecule has 0 saturated carbocycles. The van der Waals surface area contributed by atoms with Crippen LogP contribution >= 0.6 is 0 Å². The molecule has 0 unspecified atom stereocenters. The van der Waals surface area contributed by atoms with E-state index in [1.807, 2.05) is 11.0 Å². The monoisotopic (exact) mass is 377 g/mol. The maximum absolute atomic E-state index is 13.4. The van der Waals surface area contributed by atoms with Crippen molar-refractivity contribution in [1.29, 1.82) is 0 Å². The summed E-state index contributed by atoms with van der Waals surface area (Å²) in [7, 11) is 0. The number of aryl methyl sites for hydroxylation is 2. The van der Waals surface area contributed by atoms with E-state index in [0.29, 0.717) is 6.54 Å². The highest BCUT2D eigenvalue weighted by molar-refractivity contribution is 5.74. The lowest BCUT2D eigenvalue weighted by Crippen LogP contribution is -2.34. The Hall–Kier alpha value is -2.95. The van der Waals surface area contributed by atoms with E-state index in [1.54, 1.807) is 19.1 Å². The second kappa shape index (κ2) is 7.97. The zero-order valence-corrected chi connectivity index (χ0v) is 16.1. The Kier molecular flexibility index (Phi) is 5.24. The summed E-state index contributed by atoms with van der Waals surface area (Å²) in [6.45, 7) is 3.72. The smallest absolute Gasteiger partial charge is 0.219 e. The van der Waals surface area contributed by atoms with Gasteiger partial charge in [-0.05, 0) is 42.7 Å². The minimum absolute atomic E-state index is 0.0764. The first-order valence-electron chi connectivity index (χ1n) is 9.76. The normalized spacial score (nSPS) is 13.4. The highest BCUT2D eigenvalue weighted by Gasteiger charge is 2.26. The molecule has 144 valence electrons. The fourth-order valence-corrected chi connectivity index (χ4v) is 3.86. The number of carbonyl (C=O) groups is 1. The van der Waals surface area contributed by atoms with E-state index in [4.69, 9.17) is 5.10 Å². The molecule has 3 aromatic rings. The van der Waals surface area contributed by atoms with Crippen LogP contribution in [0.25, 0.3) is 11.3 Å². The predicted octanol–water partition coefficient (Wildman–Crippen LogP) is 4.23. The van der Waals surface area contributed by atoms with E-state index >= 15 is 0 Å². The van der Waals surface area contributed by atoms with Crippen molar-refractivity contribution in [3.63, 3.8) is 0 Å². The van der Waals surface area contributed by atoms with Crippen LogP contribution in [0.5, 0.6) is 0 Å². The average Bonchev–Trinajstić information content (AvgIpc) is 3.07. The first-order chi connectivity index (χ1) is 13.6. The number of aromatic nitrogens is 2. The Morgan fingerprint density at radius 3 is 2.57 bits per heavy atom. The van der Waals surface area contributed by atoms with Gasteiger partial charge in [0.2, 0.25) is 5.91 Å². The fourth-order valence-electron chi connectivity index (χ4n) is 3.86. The molecule has 0 bridgehead atoms. The number of fused-ring (bicyclic) bond motifs is 1. The number of benzene rings is 2. The van der Waals surface area contributed by atoms with Gasteiger partial charge in [0.05, 0.1) is 5.69 Å². The topological polar surface area (TPSA) is 38.1 Å². The van der Waals surface area contributed by atoms with Gasteiger partial charge in [-0.2, -0.15) is 5.10 Å². The van der Waals surface area contributed by atoms with E-state index < -0.39 is 0 Å². The number of carbonyl (C=O) groups excluding carboxylic acids is 1. The van der Waals surface area contributed by atoms with Gasteiger partial charge in [0.15, 0.2) is 0 Å². The Labute approximate surface area is 164 Å². The molecule has 1 amide bonds. The summed E-state index contributed by atoms with van der Waals surface area (Å²) >= 11 is 0. The predicted molar refractivity (Wildman–Crippen MR) is 107 cm³/mol. The number of hydrogen-bond acceptors (Lipinski definition) is 2. The maximum Gasteiger partial charge on any atom is 0.219 e. The van der Waals surface area contributed by atoms with Crippen molar-refractivity contribution in [3.05, 3.63) is 77.2 Å². The van der Waals surface area contributed by atoms with Gasteiger partial charge in [-0.3, -0.25) is 9.48 Å². The highest BCUT2D eigenvalue weighted by atomic mass is 19.1. The third kappa shape index (κ3) is 3.84. The van der Waals surface area contributed by atoms with Crippen LogP contribution in [0.1, 0.15) is 30.2 Å². The molecule has 4 rings (SSSR count). The Balaban J connectivity index is 1.61. The van der Waals surface area contributed by atoms with Crippen LogP contribution in [-0.2, 0) is 30.7 Å². The Morgan fingerprint density at radius 2 is 1.86 bits per heavy atom. The van der Waals surface area contributed by atoms with Crippen molar-refractivity contribution in [2.45, 2.75) is 39.3 Å². The zero-order chi connectivity index (χ0) is 19.5. The van der Waals surface area contributed by atoms with Crippen LogP contribution in [0.4, 0.5) is 4.39 Å². The van der Waals surface area contributed by atoms with Gasteiger partial charge >= 0.3 is 0 Å². The molecule has 28 heavy (non-hydrogen) atoms. The van der Waals surface area contributed by atoms with Gasteiger partial charge in [-0.15, -0.1) is 0 Å². The zero-order valence-electron chi connectivity index (χ0n) is 16.1. The standard InChI is InChI=1S/C23H24FN3O/c1-17(28)26-15-13-22-21(16-26)23(19-9-11-20(24)12-10-19)25-27(22)14-5-8-18-6-3-2-4-7-18/h2-4,6-7,9-12H,5,8,13-16H2,1H3. The molecule has 1 aromatic heterocycles. The number of rotatable bonds is 5. The average molecular weight is 377 g/mol. The first kappa shape index (κ1) is 18.4. The lowest BCUT2D eigenvalue weighted by molar-refractivity contribution is -0.129. The molecule has 0 fully saturated rings. The SMILES string of the molecule is CC(=O)N1CCc2c(c(-c3ccc(F)cc3)nn2CCCc2ccccc2)C1. The first-order valence-corrected chi connectivity index (χ1v) is 9.76. The van der Waals surface area contributed by atoms with Crippen LogP contribution in [0.15, 0.2) is 54.6 Å². The van der Waals surface area contributed by atoms with Crippen LogP contribution < -0.4 is 0 Å². The molecular weight excluding hydrogens is 353 g/mol. The van der Waals surface area contributed by atoms with Crippen molar-refractivity contribution in [3.8, 4) is 11.3 Å². The quantitative estimate of drug-likeness (QED) is 0.667. The summed E-state index contributed by atoms with van der Waals surface area (Å²) in [6.07, 6.45) is 2.80. The maximum atomic E-state index is 13.4. The lowest BCUT2D eigenvalue weighted by Gasteiger charge is -2.27. The van der Waals surface area contributed by atoms with Gasteiger partial charge in [0.25, 0.3) is 0 Å². The van der Waals surface area contributed by atoms with Crippen molar-refractivity contribution >= 4 is 5.91 Å². The highest BCUT2D eigenvalue weighted by Crippen LogP contribution is 2.30. The van der Waals surface area contributed by atoms with Crippen LogP contribution in [0, 0.1) is 5.82 Å². The summed E-state index contributed by atoms with van der Waals surface area (Å²) in [6, 6.07) is 16.9. The fraction of sp³-hybridized carbons (Fsp3) is 0.304. The van der Waals surface area contributed by atoms with Gasteiger partial charge < -0.3 is 4.90 Å². The van der Waals surface area contributed by atoms with E-state index in [-0.39, 0.29) is 11.7 Å². The largest absolute Gasteiger partial charge is 0.338 e. The summed E-state index contributed by atoms with van der Waals surface area (Å²) in [4.78, 5) is 13.7. The molecule has 1 aliphatic rings. The number of hydrogen-bond donors (Lipinski definition) is 0. The van der Waals surface area contributed by atoms with Gasteiger partial charge in [0, 0.05) is 49.8 Å². The van der Waals surface area contributed by atoms with Crippen LogP contribution in [0.3, 0.4) is 0 Å². The third-order valence-corrected chi connectivity index (χ3v) is 5.38. The van der Waals surface area contributed by atoms with Crippen molar-refractivity contribution < 1.29 is 9.18 Å². The molecule has 0 atom stereocenters. The summed E-state index contributed by atoms with van der Waals surface area (Å²) in [5.74, 6) is -0.183. The second-order valence-electron chi connectivity index (χ2n) is 7.28. The molecule has 0 radical (unpaired) electrons. The van der Waals surface area contributed by atoms with Crippen molar-refractivity contribution in [2.24, 2.45) is 0 Å². The third-order valence-electron chi connectivity index (χ3n) is 5.38. The molecule has 2 heterocycles. The van der Waals surface area contributed by atoms with E-state index in [1.165, 1.54) is 23.4 Å². The molecule has 1 aliphatic heterocycles. The molecule has 0 spiro atoms. The summed E-state index contributed by atoms with van der Waals surface area (Å²) < 4.78 is 15.5. The van der Waals surface area contributed by atoms with Crippen LogP contribution in [-0.4, -0.2) is 27.1 Å². The minimum atomic E-state index is -0.259. The Morgan fingerprint density at radius 1 is 1.11 bits per heavy atom. The van der Waals surface area contributed by atoms with E-state index in [0.717, 1.165) is 49.2 Å². The molecular formula is C23H24FN3O. The molecule has 0 aliphatic carbocycles. The summed E-state index contributed by atoms with van der Waals surface area (Å²) in [5, 5.41) is 4.87. The molecule has 4 nitrogen and oxygen atoms in total. The summed E-state index contributed by atoms with van der Waals surface area (Å²) in [5.41, 5.74) is 5.37. The molecule has 5 heteroatoms. The minimum Gasteiger partial charge on any atom is -0.338 e. The number of amides is 1. The van der Waals surface area contributed by atoms with Gasteiger partial charge in [-0.25, -0.2) is 4.39 Å². The lowest BCUT2D eigenvalue weighted by atomic mass is 10.0. The number of halogens is 1. The second-order valence-corrected chi connectivity index (χ2v) is 7.28. The van der Waals surface area contributed by atoms with E-state index in [2.05, 4.69) is 28.9 Å². The molecule has 0 saturated heterocycles. The van der Waals surface area contributed by atoms with Gasteiger partial charge in [0.1, 0.15) is 5.82 Å². The van der Waals surface area contributed by atoms with Crippen molar-refractivity contribution in [2.75, 3.05) is 6.54 Å².